The highest BCUT2D eigenvalue weighted by molar-refractivity contribution is 5.94. The van der Waals surface area contributed by atoms with Gasteiger partial charge in [0.1, 0.15) is 11.5 Å². The van der Waals surface area contributed by atoms with Crippen LogP contribution in [-0.4, -0.2) is 54.6 Å². The van der Waals surface area contributed by atoms with E-state index in [0.717, 1.165) is 48.9 Å². The van der Waals surface area contributed by atoms with Crippen LogP contribution in [0.2, 0.25) is 0 Å². The summed E-state index contributed by atoms with van der Waals surface area (Å²) in [6.45, 7) is 2.68. The Morgan fingerprint density at radius 2 is 1.76 bits per heavy atom. The van der Waals surface area contributed by atoms with E-state index in [1.807, 2.05) is 23.1 Å². The lowest BCUT2D eigenvalue weighted by Crippen LogP contribution is -2.32. The van der Waals surface area contributed by atoms with Crippen molar-refractivity contribution in [2.75, 3.05) is 38.8 Å². The first-order valence-electron chi connectivity index (χ1n) is 10.3. The van der Waals surface area contributed by atoms with E-state index in [4.69, 9.17) is 9.47 Å². The third kappa shape index (κ3) is 3.99. The molecule has 2 saturated heterocycles. The molecule has 0 spiro atoms. The third-order valence-electron chi connectivity index (χ3n) is 5.84. The molecule has 2 aromatic rings. The van der Waals surface area contributed by atoms with Crippen LogP contribution in [0.4, 0.5) is 5.95 Å². The summed E-state index contributed by atoms with van der Waals surface area (Å²) in [5.41, 5.74) is 1.54. The second kappa shape index (κ2) is 8.68. The van der Waals surface area contributed by atoms with Crippen molar-refractivity contribution in [2.24, 2.45) is 0 Å². The van der Waals surface area contributed by atoms with Crippen molar-refractivity contribution in [1.82, 2.24) is 14.9 Å². The van der Waals surface area contributed by atoms with Crippen LogP contribution in [0.3, 0.4) is 0 Å². The van der Waals surface area contributed by atoms with E-state index in [9.17, 15) is 4.79 Å². The van der Waals surface area contributed by atoms with Crippen molar-refractivity contribution in [3.05, 3.63) is 41.7 Å². The van der Waals surface area contributed by atoms with Gasteiger partial charge in [0, 0.05) is 43.7 Å². The summed E-state index contributed by atoms with van der Waals surface area (Å²) in [6.07, 6.45) is 8.80. The molecular weight excluding hydrogens is 368 g/mol. The number of methoxy groups -OCH3 is 2. The molecule has 0 bridgehead atoms. The molecule has 154 valence electrons. The fraction of sp³-hybridized carbons (Fsp3) is 0.500. The molecule has 2 aliphatic rings. The molecular formula is C22H28N4O3. The van der Waals surface area contributed by atoms with Gasteiger partial charge in [-0.05, 0) is 44.2 Å². The summed E-state index contributed by atoms with van der Waals surface area (Å²) in [7, 11) is 3.28. The van der Waals surface area contributed by atoms with Gasteiger partial charge in [0.2, 0.25) is 5.95 Å². The smallest absolute Gasteiger partial charge is 0.257 e. The normalized spacial score (nSPS) is 19.3. The number of aromatic nitrogens is 2. The molecule has 1 atom stereocenters. The molecule has 1 aromatic carbocycles. The van der Waals surface area contributed by atoms with Gasteiger partial charge < -0.3 is 19.3 Å². The number of hydrogen-bond donors (Lipinski definition) is 0. The Kier molecular flexibility index (Phi) is 5.83. The van der Waals surface area contributed by atoms with Crippen LogP contribution in [0.15, 0.2) is 30.6 Å². The zero-order chi connectivity index (χ0) is 20.2. The zero-order valence-corrected chi connectivity index (χ0v) is 17.1. The number of anilines is 1. The Balaban J connectivity index is 1.53. The molecule has 1 amide bonds. The molecule has 29 heavy (non-hydrogen) atoms. The van der Waals surface area contributed by atoms with Crippen LogP contribution in [0.5, 0.6) is 11.5 Å². The highest BCUT2D eigenvalue weighted by Crippen LogP contribution is 2.39. The average Bonchev–Trinajstić information content (AvgIpc) is 3.28. The summed E-state index contributed by atoms with van der Waals surface area (Å²) in [5, 5.41) is 0. The van der Waals surface area contributed by atoms with Crippen LogP contribution >= 0.6 is 0 Å². The van der Waals surface area contributed by atoms with E-state index in [0.29, 0.717) is 12.1 Å². The van der Waals surface area contributed by atoms with Gasteiger partial charge in [0.15, 0.2) is 0 Å². The van der Waals surface area contributed by atoms with Gasteiger partial charge in [-0.3, -0.25) is 4.79 Å². The monoisotopic (exact) mass is 396 g/mol. The van der Waals surface area contributed by atoms with E-state index in [-0.39, 0.29) is 11.9 Å². The molecule has 7 heteroatoms. The molecule has 7 nitrogen and oxygen atoms in total. The molecule has 3 heterocycles. The molecule has 4 rings (SSSR count). The Morgan fingerprint density at radius 1 is 1.00 bits per heavy atom. The minimum absolute atomic E-state index is 0.0230. The number of piperidine rings is 1. The van der Waals surface area contributed by atoms with Gasteiger partial charge in [0.25, 0.3) is 5.91 Å². The average molecular weight is 396 g/mol. The summed E-state index contributed by atoms with van der Waals surface area (Å²) in [4.78, 5) is 26.3. The molecule has 0 N–H and O–H groups in total. The summed E-state index contributed by atoms with van der Waals surface area (Å²) in [6, 6.07) is 5.75. The number of carbonyl (C=O) groups is 1. The highest BCUT2D eigenvalue weighted by atomic mass is 16.5. The second-order valence-corrected chi connectivity index (χ2v) is 7.58. The summed E-state index contributed by atoms with van der Waals surface area (Å²) >= 11 is 0. The van der Waals surface area contributed by atoms with Crippen LogP contribution < -0.4 is 14.4 Å². The fourth-order valence-electron chi connectivity index (χ4n) is 4.28. The first-order chi connectivity index (χ1) is 14.2. The predicted molar refractivity (Wildman–Crippen MR) is 111 cm³/mol. The van der Waals surface area contributed by atoms with Crippen LogP contribution in [0.25, 0.3) is 0 Å². The summed E-state index contributed by atoms with van der Waals surface area (Å²) in [5.74, 6) is 2.17. The fourth-order valence-corrected chi connectivity index (χ4v) is 4.28. The van der Waals surface area contributed by atoms with E-state index in [2.05, 4.69) is 14.9 Å². The SMILES string of the molecule is COc1ccc([C@H]2CCCN2C(=O)c2cnc(N3CCCCC3)nc2)c(OC)c1. The first kappa shape index (κ1) is 19.5. The second-order valence-electron chi connectivity index (χ2n) is 7.58. The Hall–Kier alpha value is -2.83. The molecule has 0 unspecified atom stereocenters. The molecule has 2 fully saturated rings. The number of benzene rings is 1. The van der Waals surface area contributed by atoms with Crippen molar-refractivity contribution in [2.45, 2.75) is 38.1 Å². The molecule has 0 radical (unpaired) electrons. The number of amides is 1. The molecule has 0 saturated carbocycles. The summed E-state index contributed by atoms with van der Waals surface area (Å²) < 4.78 is 10.9. The standard InChI is InChI=1S/C22H28N4O3/c1-28-17-8-9-18(20(13-17)29-2)19-7-6-12-26(19)21(27)16-14-23-22(24-15-16)25-10-4-3-5-11-25/h8-9,13-15,19H,3-7,10-12H2,1-2H3/t19-/m1/s1. The minimum Gasteiger partial charge on any atom is -0.497 e. The zero-order valence-electron chi connectivity index (χ0n) is 17.1. The molecule has 2 aliphatic heterocycles. The van der Waals surface area contributed by atoms with Gasteiger partial charge >= 0.3 is 0 Å². The number of rotatable bonds is 5. The van der Waals surface area contributed by atoms with E-state index in [1.54, 1.807) is 26.6 Å². The van der Waals surface area contributed by atoms with Crippen molar-refractivity contribution in [1.29, 1.82) is 0 Å². The van der Waals surface area contributed by atoms with Crippen molar-refractivity contribution in [3.63, 3.8) is 0 Å². The topological polar surface area (TPSA) is 67.8 Å². The van der Waals surface area contributed by atoms with E-state index in [1.165, 1.54) is 19.3 Å². The number of carbonyl (C=O) groups excluding carboxylic acids is 1. The van der Waals surface area contributed by atoms with Crippen LogP contribution in [-0.2, 0) is 0 Å². The predicted octanol–water partition coefficient (Wildman–Crippen LogP) is 3.46. The number of hydrogen-bond acceptors (Lipinski definition) is 6. The maximum absolute atomic E-state index is 13.2. The van der Waals surface area contributed by atoms with Crippen molar-refractivity contribution in [3.8, 4) is 11.5 Å². The minimum atomic E-state index is -0.0319. The maximum atomic E-state index is 13.2. The highest BCUT2D eigenvalue weighted by Gasteiger charge is 2.33. The van der Waals surface area contributed by atoms with Crippen LogP contribution in [0, 0.1) is 0 Å². The quantitative estimate of drug-likeness (QED) is 0.771. The first-order valence-corrected chi connectivity index (χ1v) is 10.3. The van der Waals surface area contributed by atoms with E-state index < -0.39 is 0 Å². The third-order valence-corrected chi connectivity index (χ3v) is 5.84. The Bertz CT molecular complexity index is 850. The van der Waals surface area contributed by atoms with Crippen molar-refractivity contribution >= 4 is 11.9 Å². The van der Waals surface area contributed by atoms with Gasteiger partial charge in [-0.15, -0.1) is 0 Å². The Labute approximate surface area is 171 Å². The van der Waals surface area contributed by atoms with Gasteiger partial charge in [-0.1, -0.05) is 0 Å². The van der Waals surface area contributed by atoms with Crippen LogP contribution in [0.1, 0.15) is 54.1 Å². The number of likely N-dealkylation sites (tertiary alicyclic amines) is 1. The van der Waals surface area contributed by atoms with Crippen molar-refractivity contribution < 1.29 is 14.3 Å². The van der Waals surface area contributed by atoms with E-state index >= 15 is 0 Å². The molecule has 0 aliphatic carbocycles. The number of ether oxygens (including phenoxy) is 2. The molecule has 1 aromatic heterocycles. The Morgan fingerprint density at radius 3 is 2.45 bits per heavy atom. The lowest BCUT2D eigenvalue weighted by Gasteiger charge is -2.28. The van der Waals surface area contributed by atoms with Gasteiger partial charge in [-0.25, -0.2) is 9.97 Å². The lowest BCUT2D eigenvalue weighted by molar-refractivity contribution is 0.0733. The number of nitrogens with zero attached hydrogens (tertiary/aromatic N) is 4. The maximum Gasteiger partial charge on any atom is 0.257 e. The van der Waals surface area contributed by atoms with Gasteiger partial charge in [-0.2, -0.15) is 0 Å². The van der Waals surface area contributed by atoms with Gasteiger partial charge in [0.05, 0.1) is 25.8 Å². The lowest BCUT2D eigenvalue weighted by atomic mass is 10.0. The largest absolute Gasteiger partial charge is 0.497 e.